The van der Waals surface area contributed by atoms with Crippen LogP contribution in [0.15, 0.2) is 28.8 Å². The van der Waals surface area contributed by atoms with Gasteiger partial charge < -0.3 is 14.6 Å². The number of amides is 1. The number of carbonyl (C=O) groups excluding carboxylic acids is 2. The summed E-state index contributed by atoms with van der Waals surface area (Å²) in [4.78, 5) is 27.4. The van der Waals surface area contributed by atoms with Crippen molar-refractivity contribution in [2.45, 2.75) is 40.3 Å². The first-order valence-corrected chi connectivity index (χ1v) is 7.70. The number of benzene rings is 1. The van der Waals surface area contributed by atoms with Crippen molar-refractivity contribution in [1.29, 1.82) is 0 Å². The van der Waals surface area contributed by atoms with Gasteiger partial charge in [0.25, 0.3) is 5.89 Å². The van der Waals surface area contributed by atoms with Crippen molar-refractivity contribution in [2.75, 3.05) is 0 Å². The van der Waals surface area contributed by atoms with E-state index < -0.39 is 12.0 Å². The number of esters is 1. The predicted molar refractivity (Wildman–Crippen MR) is 86.7 cm³/mol. The largest absolute Gasteiger partial charge is 0.454 e. The molecular formula is C17H21N3O4. The summed E-state index contributed by atoms with van der Waals surface area (Å²) in [5.74, 6) is -0.278. The number of aromatic nitrogens is 2. The lowest BCUT2D eigenvalue weighted by Gasteiger charge is -2.19. The third-order valence-electron chi connectivity index (χ3n) is 3.40. The minimum absolute atomic E-state index is 0.0906. The second-order valence-corrected chi connectivity index (χ2v) is 5.91. The average molecular weight is 331 g/mol. The summed E-state index contributed by atoms with van der Waals surface area (Å²) in [6.45, 7) is 6.86. The lowest BCUT2D eigenvalue weighted by molar-refractivity contribution is -0.151. The number of nitrogens with one attached hydrogen (secondary N) is 1. The summed E-state index contributed by atoms with van der Waals surface area (Å²) < 4.78 is 10.3. The Morgan fingerprint density at radius 2 is 1.92 bits per heavy atom. The zero-order valence-electron chi connectivity index (χ0n) is 14.2. The van der Waals surface area contributed by atoms with Crippen LogP contribution in [-0.2, 0) is 20.9 Å². The molecule has 7 heteroatoms. The smallest absolute Gasteiger partial charge is 0.329 e. The molecule has 2 rings (SSSR count). The van der Waals surface area contributed by atoms with Crippen LogP contribution in [-0.4, -0.2) is 28.1 Å². The third-order valence-corrected chi connectivity index (χ3v) is 3.40. The van der Waals surface area contributed by atoms with E-state index >= 15 is 0 Å². The summed E-state index contributed by atoms with van der Waals surface area (Å²) >= 11 is 0. The molecule has 1 N–H and O–H groups in total. The van der Waals surface area contributed by atoms with Crippen molar-refractivity contribution >= 4 is 11.9 Å². The van der Waals surface area contributed by atoms with E-state index in [1.54, 1.807) is 0 Å². The highest BCUT2D eigenvalue weighted by Gasteiger charge is 2.25. The number of nitrogens with zero attached hydrogens (tertiary/aromatic N) is 2. The van der Waals surface area contributed by atoms with Gasteiger partial charge in [-0.15, -0.1) is 0 Å². The Morgan fingerprint density at radius 3 is 2.50 bits per heavy atom. The fourth-order valence-electron chi connectivity index (χ4n) is 2.07. The second-order valence-electron chi connectivity index (χ2n) is 5.91. The van der Waals surface area contributed by atoms with Crippen molar-refractivity contribution in [1.82, 2.24) is 15.5 Å². The molecule has 7 nitrogen and oxygen atoms in total. The molecule has 0 unspecified atom stereocenters. The molecule has 0 radical (unpaired) electrons. The number of hydrogen-bond acceptors (Lipinski definition) is 6. The number of carbonyl (C=O) groups is 2. The Hall–Kier alpha value is -2.70. The van der Waals surface area contributed by atoms with Gasteiger partial charge in [-0.1, -0.05) is 48.8 Å². The van der Waals surface area contributed by atoms with Crippen molar-refractivity contribution in [2.24, 2.45) is 5.92 Å². The van der Waals surface area contributed by atoms with Crippen LogP contribution in [0.5, 0.6) is 0 Å². The molecule has 0 spiro atoms. The molecule has 1 aromatic heterocycles. The Labute approximate surface area is 140 Å². The maximum atomic E-state index is 12.1. The van der Waals surface area contributed by atoms with Gasteiger partial charge in [0, 0.05) is 12.5 Å². The zero-order valence-corrected chi connectivity index (χ0v) is 14.2. The van der Waals surface area contributed by atoms with E-state index in [9.17, 15) is 9.59 Å². The molecule has 1 aromatic carbocycles. The van der Waals surface area contributed by atoms with E-state index in [2.05, 4.69) is 15.5 Å². The van der Waals surface area contributed by atoms with Gasteiger partial charge in [0.05, 0.1) is 0 Å². The molecule has 0 fully saturated rings. The first-order chi connectivity index (χ1) is 11.4. The van der Waals surface area contributed by atoms with E-state index in [0.717, 1.165) is 11.1 Å². The number of hydrogen-bond donors (Lipinski definition) is 1. The topological polar surface area (TPSA) is 94.3 Å². The van der Waals surface area contributed by atoms with Crippen LogP contribution in [0.3, 0.4) is 0 Å². The molecular weight excluding hydrogens is 310 g/mol. The van der Waals surface area contributed by atoms with Crippen LogP contribution in [0.4, 0.5) is 0 Å². The zero-order chi connectivity index (χ0) is 17.7. The lowest BCUT2D eigenvalue weighted by atomic mass is 10.0. The van der Waals surface area contributed by atoms with Crippen molar-refractivity contribution in [3.63, 3.8) is 0 Å². The van der Waals surface area contributed by atoms with E-state index in [0.29, 0.717) is 5.82 Å². The molecule has 0 aliphatic heterocycles. The fourth-order valence-corrected chi connectivity index (χ4v) is 2.07. The Kier molecular flexibility index (Phi) is 5.68. The highest BCUT2D eigenvalue weighted by Crippen LogP contribution is 2.16. The molecule has 2 aromatic rings. The van der Waals surface area contributed by atoms with Crippen LogP contribution in [0.1, 0.15) is 32.2 Å². The summed E-state index contributed by atoms with van der Waals surface area (Å²) in [5, 5.41) is 6.45. The monoisotopic (exact) mass is 331 g/mol. The minimum Gasteiger partial charge on any atom is -0.454 e. The molecule has 0 bridgehead atoms. The Bertz CT molecular complexity index is 707. The first-order valence-electron chi connectivity index (χ1n) is 7.70. The Balaban J connectivity index is 1.98. The SMILES string of the molecule is CC(=O)N[C@@H](C(=O)OCc1nc(-c2ccc(C)cc2)no1)C(C)C. The molecule has 1 heterocycles. The molecule has 1 atom stereocenters. The standard InChI is InChI=1S/C17H21N3O4/c1-10(2)15(18-12(4)21)17(22)23-9-14-19-16(20-24-14)13-7-5-11(3)6-8-13/h5-8,10,15H,9H2,1-4H3,(H,18,21)/t15-/m1/s1. The molecule has 24 heavy (non-hydrogen) atoms. The van der Waals surface area contributed by atoms with Gasteiger partial charge >= 0.3 is 5.97 Å². The predicted octanol–water partition coefficient (Wildman–Crippen LogP) is 2.25. The maximum Gasteiger partial charge on any atom is 0.329 e. The summed E-state index contributed by atoms with van der Waals surface area (Å²) in [5.41, 5.74) is 1.95. The van der Waals surface area contributed by atoms with Crippen LogP contribution < -0.4 is 5.32 Å². The van der Waals surface area contributed by atoms with Crippen molar-refractivity contribution in [3.05, 3.63) is 35.7 Å². The van der Waals surface area contributed by atoms with E-state index in [1.165, 1.54) is 6.92 Å². The normalized spacial score (nSPS) is 12.0. The van der Waals surface area contributed by atoms with E-state index in [-0.39, 0.29) is 24.3 Å². The number of aryl methyl sites for hydroxylation is 1. The fraction of sp³-hybridized carbons (Fsp3) is 0.412. The summed E-state index contributed by atoms with van der Waals surface area (Å²) in [6.07, 6.45) is 0. The molecule has 0 saturated heterocycles. The highest BCUT2D eigenvalue weighted by atomic mass is 16.6. The third kappa shape index (κ3) is 4.65. The molecule has 1 amide bonds. The number of rotatable bonds is 6. The van der Waals surface area contributed by atoms with Gasteiger partial charge in [-0.3, -0.25) is 4.79 Å². The number of ether oxygens (including phenoxy) is 1. The van der Waals surface area contributed by atoms with Crippen molar-refractivity contribution < 1.29 is 18.8 Å². The lowest BCUT2D eigenvalue weighted by Crippen LogP contribution is -2.44. The van der Waals surface area contributed by atoms with Gasteiger partial charge in [0.2, 0.25) is 11.7 Å². The van der Waals surface area contributed by atoms with E-state index in [1.807, 2.05) is 45.0 Å². The van der Waals surface area contributed by atoms with Crippen LogP contribution in [0.25, 0.3) is 11.4 Å². The average Bonchev–Trinajstić information content (AvgIpc) is 2.99. The van der Waals surface area contributed by atoms with E-state index in [4.69, 9.17) is 9.26 Å². The van der Waals surface area contributed by atoms with Crippen LogP contribution in [0, 0.1) is 12.8 Å². The van der Waals surface area contributed by atoms with Gasteiger partial charge in [-0.2, -0.15) is 4.98 Å². The van der Waals surface area contributed by atoms with Crippen molar-refractivity contribution in [3.8, 4) is 11.4 Å². The minimum atomic E-state index is -0.706. The quantitative estimate of drug-likeness (QED) is 0.816. The molecule has 0 aliphatic carbocycles. The summed E-state index contributed by atoms with van der Waals surface area (Å²) in [7, 11) is 0. The molecule has 0 aliphatic rings. The van der Waals surface area contributed by atoms with Crippen LogP contribution >= 0.6 is 0 Å². The highest BCUT2D eigenvalue weighted by molar-refractivity contribution is 5.83. The second kappa shape index (κ2) is 7.72. The van der Waals surface area contributed by atoms with Gasteiger partial charge in [-0.25, -0.2) is 4.79 Å². The molecule has 0 saturated carbocycles. The van der Waals surface area contributed by atoms with Gasteiger partial charge in [0.15, 0.2) is 6.61 Å². The first kappa shape index (κ1) is 17.7. The molecule has 128 valence electrons. The van der Waals surface area contributed by atoms with Gasteiger partial charge in [0.1, 0.15) is 6.04 Å². The summed E-state index contributed by atoms with van der Waals surface area (Å²) in [6, 6.07) is 6.98. The maximum absolute atomic E-state index is 12.1. The Morgan fingerprint density at radius 1 is 1.25 bits per heavy atom. The van der Waals surface area contributed by atoms with Crippen LogP contribution in [0.2, 0.25) is 0 Å². The van der Waals surface area contributed by atoms with Gasteiger partial charge in [-0.05, 0) is 12.8 Å².